The van der Waals surface area contributed by atoms with Crippen LogP contribution in [0.5, 0.6) is 0 Å². The van der Waals surface area contributed by atoms with Crippen LogP contribution in [-0.4, -0.2) is 23.5 Å². The molecule has 0 saturated heterocycles. The summed E-state index contributed by atoms with van der Waals surface area (Å²) in [6.07, 6.45) is -4.52. The number of rotatable bonds is 5. The van der Waals surface area contributed by atoms with Gasteiger partial charge in [0, 0.05) is 5.38 Å². The van der Waals surface area contributed by atoms with Crippen molar-refractivity contribution in [2.45, 2.75) is 19.5 Å². The molecule has 128 valence electrons. The monoisotopic (exact) mass is 358 g/mol. The number of carbonyl (C=O) groups excluding carboxylic acids is 2. The van der Waals surface area contributed by atoms with E-state index in [1.165, 1.54) is 17.5 Å². The number of esters is 1. The van der Waals surface area contributed by atoms with E-state index in [9.17, 15) is 22.8 Å². The largest absolute Gasteiger partial charge is 0.461 e. The molecule has 2 aromatic rings. The van der Waals surface area contributed by atoms with E-state index < -0.39 is 23.6 Å². The maximum Gasteiger partial charge on any atom is 0.416 e. The van der Waals surface area contributed by atoms with Crippen LogP contribution in [0.3, 0.4) is 0 Å². The number of anilines is 1. The molecule has 0 atom stereocenters. The number of aromatic nitrogens is 1. The van der Waals surface area contributed by atoms with Gasteiger partial charge < -0.3 is 10.1 Å². The summed E-state index contributed by atoms with van der Waals surface area (Å²) >= 11 is 1.06. The number of alkyl halides is 3. The summed E-state index contributed by atoms with van der Waals surface area (Å²) in [7, 11) is 0. The fourth-order valence-electron chi connectivity index (χ4n) is 1.79. The Hall–Kier alpha value is -2.42. The smallest absolute Gasteiger partial charge is 0.416 e. The van der Waals surface area contributed by atoms with Crippen LogP contribution in [0.4, 0.5) is 18.3 Å². The highest BCUT2D eigenvalue weighted by Crippen LogP contribution is 2.29. The second-order valence-electron chi connectivity index (χ2n) is 4.68. The summed E-state index contributed by atoms with van der Waals surface area (Å²) in [6.45, 7) is 1.88. The summed E-state index contributed by atoms with van der Waals surface area (Å²) in [4.78, 5) is 27.3. The summed E-state index contributed by atoms with van der Waals surface area (Å²) in [6, 6.07) is 4.33. The second-order valence-corrected chi connectivity index (χ2v) is 5.54. The minimum absolute atomic E-state index is 0.0895. The third-order valence-corrected chi connectivity index (χ3v) is 3.64. The second kappa shape index (κ2) is 7.43. The van der Waals surface area contributed by atoms with E-state index in [1.54, 1.807) is 6.92 Å². The molecule has 0 aliphatic rings. The van der Waals surface area contributed by atoms with Gasteiger partial charge in [0.25, 0.3) is 0 Å². The van der Waals surface area contributed by atoms with Crippen LogP contribution >= 0.6 is 11.3 Å². The molecule has 24 heavy (non-hydrogen) atoms. The Morgan fingerprint density at radius 1 is 1.25 bits per heavy atom. The Balaban J connectivity index is 1.95. The third kappa shape index (κ3) is 4.79. The van der Waals surface area contributed by atoms with Crippen LogP contribution in [0.2, 0.25) is 0 Å². The highest BCUT2D eigenvalue weighted by Gasteiger charge is 2.29. The van der Waals surface area contributed by atoms with Crippen LogP contribution in [0.1, 0.15) is 28.5 Å². The maximum absolute atomic E-state index is 12.5. The van der Waals surface area contributed by atoms with Gasteiger partial charge in [0.15, 0.2) is 10.8 Å². The van der Waals surface area contributed by atoms with Gasteiger partial charge in [-0.25, -0.2) is 9.78 Å². The number of nitrogens with one attached hydrogen (secondary N) is 1. The van der Waals surface area contributed by atoms with Crippen LogP contribution in [0.15, 0.2) is 29.6 Å². The van der Waals surface area contributed by atoms with Crippen LogP contribution in [0, 0.1) is 0 Å². The Kier molecular flexibility index (Phi) is 5.55. The predicted molar refractivity (Wildman–Crippen MR) is 81.8 cm³/mol. The zero-order chi connectivity index (χ0) is 17.7. The minimum Gasteiger partial charge on any atom is -0.461 e. The molecule has 0 radical (unpaired) electrons. The van der Waals surface area contributed by atoms with Crippen molar-refractivity contribution in [1.29, 1.82) is 0 Å². The Morgan fingerprint density at radius 2 is 1.92 bits per heavy atom. The number of hydrogen-bond donors (Lipinski definition) is 1. The average Bonchev–Trinajstić information content (AvgIpc) is 2.95. The molecule has 0 aliphatic heterocycles. The first-order chi connectivity index (χ1) is 11.3. The zero-order valence-electron chi connectivity index (χ0n) is 12.5. The lowest BCUT2D eigenvalue weighted by atomic mass is 10.1. The van der Waals surface area contributed by atoms with E-state index in [4.69, 9.17) is 4.74 Å². The number of nitrogens with zero attached hydrogens (tertiary/aromatic N) is 1. The van der Waals surface area contributed by atoms with Crippen molar-refractivity contribution in [1.82, 2.24) is 4.98 Å². The van der Waals surface area contributed by atoms with Gasteiger partial charge in [0.05, 0.1) is 18.6 Å². The molecule has 1 aromatic carbocycles. The highest BCUT2D eigenvalue weighted by molar-refractivity contribution is 7.14. The lowest BCUT2D eigenvalue weighted by Crippen LogP contribution is -2.15. The number of benzene rings is 1. The van der Waals surface area contributed by atoms with E-state index in [0.29, 0.717) is 5.56 Å². The van der Waals surface area contributed by atoms with Gasteiger partial charge in [0.1, 0.15) is 0 Å². The highest BCUT2D eigenvalue weighted by atomic mass is 32.1. The molecule has 1 heterocycles. The third-order valence-electron chi connectivity index (χ3n) is 2.88. The van der Waals surface area contributed by atoms with E-state index in [0.717, 1.165) is 23.5 Å². The van der Waals surface area contributed by atoms with Crippen molar-refractivity contribution < 1.29 is 27.5 Å². The molecule has 1 amide bonds. The topological polar surface area (TPSA) is 68.3 Å². The molecule has 1 aromatic heterocycles. The molecule has 0 aliphatic carbocycles. The van der Waals surface area contributed by atoms with Gasteiger partial charge in [-0.05, 0) is 24.6 Å². The van der Waals surface area contributed by atoms with Crippen molar-refractivity contribution in [3.63, 3.8) is 0 Å². The lowest BCUT2D eigenvalue weighted by Gasteiger charge is -2.07. The molecule has 0 unspecified atom stereocenters. The molecular formula is C15H13F3N2O3S. The molecule has 0 bridgehead atoms. The Bertz CT molecular complexity index is 726. The molecule has 9 heteroatoms. The number of carbonyl (C=O) groups is 2. The number of hydrogen-bond acceptors (Lipinski definition) is 5. The first-order valence-corrected chi connectivity index (χ1v) is 7.76. The van der Waals surface area contributed by atoms with Crippen LogP contribution < -0.4 is 5.32 Å². The molecule has 0 saturated carbocycles. The Morgan fingerprint density at radius 3 is 2.50 bits per heavy atom. The number of halogens is 3. The van der Waals surface area contributed by atoms with Gasteiger partial charge in [-0.3, -0.25) is 4.79 Å². The van der Waals surface area contributed by atoms with Crippen molar-refractivity contribution in [3.8, 4) is 0 Å². The van der Waals surface area contributed by atoms with E-state index in [-0.39, 0.29) is 23.9 Å². The van der Waals surface area contributed by atoms with Crippen molar-refractivity contribution in [2.24, 2.45) is 0 Å². The van der Waals surface area contributed by atoms with E-state index in [2.05, 4.69) is 10.3 Å². The SMILES string of the molecule is CCOC(=O)c1csc(NC(=O)Cc2ccc(C(F)(F)F)cc2)n1. The summed E-state index contributed by atoms with van der Waals surface area (Å²) in [5.74, 6) is -1.03. The molecule has 0 spiro atoms. The summed E-state index contributed by atoms with van der Waals surface area (Å²) in [5.41, 5.74) is -0.250. The standard InChI is InChI=1S/C15H13F3N2O3S/c1-2-23-13(22)11-8-24-14(19-11)20-12(21)7-9-3-5-10(6-4-9)15(16,17)18/h3-6,8H,2,7H2,1H3,(H,19,20,21). The fourth-order valence-corrected chi connectivity index (χ4v) is 2.49. The average molecular weight is 358 g/mol. The maximum atomic E-state index is 12.5. The quantitative estimate of drug-likeness (QED) is 0.831. The summed E-state index contributed by atoms with van der Waals surface area (Å²) < 4.78 is 42.2. The molecular weight excluding hydrogens is 345 g/mol. The van der Waals surface area contributed by atoms with E-state index >= 15 is 0 Å². The first kappa shape index (κ1) is 17.9. The normalized spacial score (nSPS) is 11.2. The minimum atomic E-state index is -4.41. The molecule has 1 N–H and O–H groups in total. The van der Waals surface area contributed by atoms with Crippen molar-refractivity contribution in [3.05, 3.63) is 46.5 Å². The molecule has 0 fully saturated rings. The zero-order valence-corrected chi connectivity index (χ0v) is 13.3. The molecule has 5 nitrogen and oxygen atoms in total. The van der Waals surface area contributed by atoms with Crippen LogP contribution in [0.25, 0.3) is 0 Å². The number of ether oxygens (including phenoxy) is 1. The van der Waals surface area contributed by atoms with Gasteiger partial charge in [-0.1, -0.05) is 12.1 Å². The van der Waals surface area contributed by atoms with Gasteiger partial charge >= 0.3 is 12.1 Å². The van der Waals surface area contributed by atoms with Crippen molar-refractivity contribution in [2.75, 3.05) is 11.9 Å². The van der Waals surface area contributed by atoms with Crippen molar-refractivity contribution >= 4 is 28.3 Å². The predicted octanol–water partition coefficient (Wildman–Crippen LogP) is 3.52. The number of thiazole rings is 1. The van der Waals surface area contributed by atoms with Crippen LogP contribution in [-0.2, 0) is 22.1 Å². The summed E-state index contributed by atoms with van der Waals surface area (Å²) in [5, 5.41) is 4.16. The number of amides is 1. The molecule has 2 rings (SSSR count). The van der Waals surface area contributed by atoms with E-state index in [1.807, 2.05) is 0 Å². The van der Waals surface area contributed by atoms with Gasteiger partial charge in [-0.2, -0.15) is 13.2 Å². The Labute approximate surface area is 139 Å². The van der Waals surface area contributed by atoms with Gasteiger partial charge in [-0.15, -0.1) is 11.3 Å². The first-order valence-electron chi connectivity index (χ1n) is 6.88. The lowest BCUT2D eigenvalue weighted by molar-refractivity contribution is -0.137. The fraction of sp³-hybridized carbons (Fsp3) is 0.267. The van der Waals surface area contributed by atoms with Gasteiger partial charge in [0.2, 0.25) is 5.91 Å².